The van der Waals surface area contributed by atoms with Crippen molar-refractivity contribution in [2.45, 2.75) is 71.4 Å². The molecule has 0 aromatic rings. The molecule has 142 valence electrons. The van der Waals surface area contributed by atoms with Crippen LogP contribution in [0.5, 0.6) is 0 Å². The Morgan fingerprint density at radius 1 is 1.29 bits per heavy atom. The minimum absolute atomic E-state index is 0. The van der Waals surface area contributed by atoms with Gasteiger partial charge in [0.1, 0.15) is 5.60 Å². The first-order chi connectivity index (χ1) is 10.8. The third kappa shape index (κ3) is 11.8. The summed E-state index contributed by atoms with van der Waals surface area (Å²) in [6.07, 6.45) is 5.46. The Kier molecular flexibility index (Phi) is 11.4. The monoisotopic (exact) mass is 454 g/mol. The number of unbranched alkanes of at least 4 members (excludes halogenated alkanes) is 1. The van der Waals surface area contributed by atoms with E-state index in [9.17, 15) is 4.79 Å². The lowest BCUT2D eigenvalue weighted by Gasteiger charge is -2.24. The number of halogens is 1. The zero-order chi connectivity index (χ0) is 17.3. The van der Waals surface area contributed by atoms with E-state index in [1.807, 2.05) is 20.8 Å². The molecule has 0 aromatic carbocycles. The van der Waals surface area contributed by atoms with Crippen molar-refractivity contribution in [1.82, 2.24) is 16.0 Å². The predicted molar refractivity (Wildman–Crippen MR) is 110 cm³/mol. The van der Waals surface area contributed by atoms with Crippen LogP contribution in [-0.4, -0.2) is 43.8 Å². The zero-order valence-electron chi connectivity index (χ0n) is 15.8. The summed E-state index contributed by atoms with van der Waals surface area (Å²) in [5.74, 6) is 1.60. The van der Waals surface area contributed by atoms with Gasteiger partial charge in [-0.05, 0) is 46.0 Å². The highest BCUT2D eigenvalue weighted by Crippen LogP contribution is 2.27. The average molecular weight is 454 g/mol. The van der Waals surface area contributed by atoms with Crippen molar-refractivity contribution in [3.8, 4) is 0 Å². The number of guanidine groups is 1. The van der Waals surface area contributed by atoms with E-state index < -0.39 is 5.60 Å². The summed E-state index contributed by atoms with van der Waals surface area (Å²) >= 11 is 0. The van der Waals surface area contributed by atoms with Gasteiger partial charge in [0, 0.05) is 26.2 Å². The Morgan fingerprint density at radius 2 is 1.96 bits per heavy atom. The van der Waals surface area contributed by atoms with E-state index in [0.717, 1.165) is 37.7 Å². The van der Waals surface area contributed by atoms with Crippen molar-refractivity contribution in [3.63, 3.8) is 0 Å². The van der Waals surface area contributed by atoms with Gasteiger partial charge in [-0.1, -0.05) is 19.8 Å². The lowest BCUT2D eigenvalue weighted by atomic mass is 10.1. The first-order valence-electron chi connectivity index (χ1n) is 8.78. The summed E-state index contributed by atoms with van der Waals surface area (Å²) in [4.78, 5) is 16.1. The second-order valence-corrected chi connectivity index (χ2v) is 7.26. The van der Waals surface area contributed by atoms with Crippen LogP contribution < -0.4 is 16.0 Å². The molecule has 1 fully saturated rings. The smallest absolute Gasteiger partial charge is 0.407 e. The molecule has 1 rings (SSSR count). The molecule has 0 aromatic heterocycles. The molecular formula is C17H35IN4O2. The molecule has 0 aliphatic heterocycles. The number of carbonyl (C=O) groups is 1. The van der Waals surface area contributed by atoms with E-state index in [1.165, 1.54) is 12.8 Å². The molecule has 7 heteroatoms. The van der Waals surface area contributed by atoms with Gasteiger partial charge in [0.2, 0.25) is 0 Å². The third-order valence-corrected chi connectivity index (χ3v) is 3.62. The number of aliphatic imine (C=N–C) groups is 1. The number of alkyl carbamates (subject to hydrolysis) is 1. The number of ether oxygens (including phenoxy) is 1. The normalized spacial score (nSPS) is 16.0. The first-order valence-corrected chi connectivity index (χ1v) is 8.78. The minimum Gasteiger partial charge on any atom is -0.444 e. The first kappa shape index (κ1) is 23.3. The average Bonchev–Trinajstić information content (AvgIpc) is 3.27. The van der Waals surface area contributed by atoms with Gasteiger partial charge >= 0.3 is 6.09 Å². The second-order valence-electron chi connectivity index (χ2n) is 7.26. The van der Waals surface area contributed by atoms with Gasteiger partial charge in [-0.15, -0.1) is 24.0 Å². The highest BCUT2D eigenvalue weighted by Gasteiger charge is 2.22. The summed E-state index contributed by atoms with van der Waals surface area (Å²) < 4.78 is 5.29. The lowest BCUT2D eigenvalue weighted by molar-refractivity contribution is 0.0523. The van der Waals surface area contributed by atoms with Gasteiger partial charge < -0.3 is 20.7 Å². The summed E-state index contributed by atoms with van der Waals surface area (Å²) in [5.41, 5.74) is -0.474. The number of rotatable bonds is 8. The molecule has 3 N–H and O–H groups in total. The third-order valence-electron chi connectivity index (χ3n) is 3.62. The largest absolute Gasteiger partial charge is 0.444 e. The topological polar surface area (TPSA) is 74.8 Å². The Morgan fingerprint density at radius 3 is 2.46 bits per heavy atom. The Hall–Kier alpha value is -0.730. The van der Waals surface area contributed by atoms with Gasteiger partial charge in [0.15, 0.2) is 5.96 Å². The summed E-state index contributed by atoms with van der Waals surface area (Å²) in [5, 5.41) is 9.62. The van der Waals surface area contributed by atoms with Crippen molar-refractivity contribution in [2.75, 3.05) is 20.1 Å². The fraction of sp³-hybridized carbons (Fsp3) is 0.882. The molecule has 1 unspecified atom stereocenters. The fourth-order valence-electron chi connectivity index (χ4n) is 2.15. The Bertz CT molecular complexity index is 393. The highest BCUT2D eigenvalue weighted by molar-refractivity contribution is 14.0. The lowest BCUT2D eigenvalue weighted by Crippen LogP contribution is -2.49. The number of nitrogens with zero attached hydrogens (tertiary/aromatic N) is 1. The van der Waals surface area contributed by atoms with Crippen LogP contribution in [0.25, 0.3) is 0 Å². The van der Waals surface area contributed by atoms with E-state index in [1.54, 1.807) is 7.05 Å². The van der Waals surface area contributed by atoms with Crippen molar-refractivity contribution in [3.05, 3.63) is 0 Å². The molecule has 1 saturated carbocycles. The van der Waals surface area contributed by atoms with E-state index in [0.29, 0.717) is 6.54 Å². The van der Waals surface area contributed by atoms with E-state index in [4.69, 9.17) is 4.74 Å². The second kappa shape index (κ2) is 11.8. The molecule has 0 radical (unpaired) electrons. The summed E-state index contributed by atoms with van der Waals surface area (Å²) in [6.45, 7) is 9.26. The van der Waals surface area contributed by atoms with Crippen LogP contribution in [0.15, 0.2) is 4.99 Å². The van der Waals surface area contributed by atoms with Gasteiger partial charge in [-0.25, -0.2) is 4.79 Å². The molecule has 6 nitrogen and oxygen atoms in total. The fourth-order valence-corrected chi connectivity index (χ4v) is 2.15. The zero-order valence-corrected chi connectivity index (χ0v) is 18.1. The van der Waals surface area contributed by atoms with E-state index >= 15 is 0 Å². The Labute approximate surface area is 164 Å². The van der Waals surface area contributed by atoms with Crippen LogP contribution in [0.4, 0.5) is 4.79 Å². The molecule has 1 amide bonds. The number of hydrogen-bond acceptors (Lipinski definition) is 3. The highest BCUT2D eigenvalue weighted by atomic mass is 127. The molecule has 0 heterocycles. The van der Waals surface area contributed by atoms with Crippen LogP contribution in [-0.2, 0) is 4.74 Å². The van der Waals surface area contributed by atoms with E-state index in [-0.39, 0.29) is 36.1 Å². The Balaban J connectivity index is 0.00000529. The van der Waals surface area contributed by atoms with Crippen LogP contribution in [0.1, 0.15) is 59.8 Å². The van der Waals surface area contributed by atoms with Crippen molar-refractivity contribution >= 4 is 36.0 Å². The van der Waals surface area contributed by atoms with Gasteiger partial charge in [-0.3, -0.25) is 4.99 Å². The van der Waals surface area contributed by atoms with Crippen LogP contribution >= 0.6 is 24.0 Å². The maximum atomic E-state index is 11.8. The quantitative estimate of drug-likeness (QED) is 0.299. The van der Waals surface area contributed by atoms with Crippen molar-refractivity contribution < 1.29 is 9.53 Å². The predicted octanol–water partition coefficient (Wildman–Crippen LogP) is 3.26. The van der Waals surface area contributed by atoms with Crippen LogP contribution in [0.2, 0.25) is 0 Å². The van der Waals surface area contributed by atoms with Gasteiger partial charge in [0.25, 0.3) is 0 Å². The van der Waals surface area contributed by atoms with E-state index in [2.05, 4.69) is 27.9 Å². The molecular weight excluding hydrogens is 419 g/mol. The summed E-state index contributed by atoms with van der Waals surface area (Å²) in [6, 6.07) is 0.146. The van der Waals surface area contributed by atoms with Gasteiger partial charge in [-0.2, -0.15) is 0 Å². The maximum absolute atomic E-state index is 11.8. The molecule has 0 spiro atoms. The molecule has 0 saturated heterocycles. The molecule has 24 heavy (non-hydrogen) atoms. The number of nitrogens with one attached hydrogen (secondary N) is 3. The number of amides is 1. The molecule has 1 aliphatic carbocycles. The van der Waals surface area contributed by atoms with Crippen LogP contribution in [0.3, 0.4) is 0 Å². The maximum Gasteiger partial charge on any atom is 0.407 e. The standard InChI is InChI=1S/C17H34N4O2.HI/c1-6-7-8-14(12-20-16(22)23-17(2,3)4)21-15(18-5)19-11-13-9-10-13;/h13-14H,6-12H2,1-5H3,(H,20,22)(H2,18,19,21);1H. The number of carbonyl (C=O) groups excluding carboxylic acids is 1. The molecule has 0 bridgehead atoms. The number of hydrogen-bond donors (Lipinski definition) is 3. The van der Waals surface area contributed by atoms with Gasteiger partial charge in [0.05, 0.1) is 0 Å². The van der Waals surface area contributed by atoms with Crippen molar-refractivity contribution in [2.24, 2.45) is 10.9 Å². The summed E-state index contributed by atoms with van der Waals surface area (Å²) in [7, 11) is 1.78. The molecule has 1 aliphatic rings. The molecule has 1 atom stereocenters. The van der Waals surface area contributed by atoms with Crippen molar-refractivity contribution in [1.29, 1.82) is 0 Å². The van der Waals surface area contributed by atoms with Crippen LogP contribution in [0, 0.1) is 5.92 Å². The SMILES string of the molecule is CCCCC(CNC(=O)OC(C)(C)C)NC(=NC)NCC1CC1.I. The minimum atomic E-state index is -0.474.